The Labute approximate surface area is 101 Å². The van der Waals surface area contributed by atoms with Gasteiger partial charge in [0.05, 0.1) is 6.61 Å². The monoisotopic (exact) mass is 244 g/mol. The molecule has 0 fully saturated rings. The Balaban J connectivity index is 3.88. The van der Waals surface area contributed by atoms with Gasteiger partial charge in [-0.1, -0.05) is 0 Å². The highest BCUT2D eigenvalue weighted by molar-refractivity contribution is 5.75. The van der Waals surface area contributed by atoms with E-state index in [0.717, 1.165) is 0 Å². The van der Waals surface area contributed by atoms with Crippen molar-refractivity contribution >= 4 is 17.7 Å². The molecule has 0 radical (unpaired) electrons. The van der Waals surface area contributed by atoms with Crippen LogP contribution in [-0.2, 0) is 23.9 Å². The number of ketones is 1. The molecule has 0 heterocycles. The zero-order chi connectivity index (χ0) is 13.3. The second-order valence-corrected chi connectivity index (χ2v) is 3.95. The molecule has 0 aromatic heterocycles. The number of ether oxygens (including phenoxy) is 2. The molecule has 5 heteroatoms. The van der Waals surface area contributed by atoms with E-state index in [4.69, 9.17) is 9.47 Å². The number of carbonyl (C=O) groups is 3. The molecule has 0 aliphatic carbocycles. The first-order valence-corrected chi connectivity index (χ1v) is 5.72. The minimum Gasteiger partial charge on any atom is -0.466 e. The van der Waals surface area contributed by atoms with Crippen LogP contribution in [0.2, 0.25) is 0 Å². The Morgan fingerprint density at radius 3 is 2.12 bits per heavy atom. The number of hydrogen-bond donors (Lipinski definition) is 0. The minimum atomic E-state index is -0.356. The summed E-state index contributed by atoms with van der Waals surface area (Å²) in [5.74, 6) is -0.606. The second-order valence-electron chi connectivity index (χ2n) is 3.95. The molecule has 0 bridgehead atoms. The summed E-state index contributed by atoms with van der Waals surface area (Å²) < 4.78 is 9.85. The van der Waals surface area contributed by atoms with E-state index >= 15 is 0 Å². The smallest absolute Gasteiger partial charge is 0.302 e. The quantitative estimate of drug-likeness (QED) is 0.479. The predicted molar refractivity (Wildman–Crippen MR) is 61.3 cm³/mol. The third kappa shape index (κ3) is 10.9. The zero-order valence-corrected chi connectivity index (χ0v) is 10.7. The highest BCUT2D eigenvalue weighted by Gasteiger charge is 2.13. The Hall–Kier alpha value is -1.39. The fourth-order valence-corrected chi connectivity index (χ4v) is 1.39. The highest BCUT2D eigenvalue weighted by Crippen LogP contribution is 2.10. The summed E-state index contributed by atoms with van der Waals surface area (Å²) in [6.07, 6.45) is 1.86. The highest BCUT2D eigenvalue weighted by atomic mass is 16.5. The van der Waals surface area contributed by atoms with E-state index < -0.39 is 0 Å². The standard InChI is InChI=1S/C12H20O5/c1-9(13)6-7-12(17-11(3)15)5-4-8-16-10(2)14/h12H,4-8H2,1-3H3/t12-/m1/s1. The van der Waals surface area contributed by atoms with Gasteiger partial charge in [0.25, 0.3) is 0 Å². The van der Waals surface area contributed by atoms with Gasteiger partial charge in [0.1, 0.15) is 11.9 Å². The van der Waals surface area contributed by atoms with Gasteiger partial charge in [-0.25, -0.2) is 0 Å². The normalized spacial score (nSPS) is 11.7. The molecule has 17 heavy (non-hydrogen) atoms. The summed E-state index contributed by atoms with van der Waals surface area (Å²) in [7, 11) is 0. The van der Waals surface area contributed by atoms with E-state index in [2.05, 4.69) is 0 Å². The van der Waals surface area contributed by atoms with Crippen LogP contribution in [0.1, 0.15) is 46.5 Å². The average molecular weight is 244 g/mol. The lowest BCUT2D eigenvalue weighted by Crippen LogP contribution is -2.18. The van der Waals surface area contributed by atoms with Crippen LogP contribution in [-0.4, -0.2) is 30.4 Å². The SMILES string of the molecule is CC(=O)CC[C@@H](CCCOC(C)=O)OC(C)=O. The van der Waals surface area contributed by atoms with Crippen molar-refractivity contribution in [3.8, 4) is 0 Å². The van der Waals surface area contributed by atoms with Gasteiger partial charge in [-0.05, 0) is 26.2 Å². The van der Waals surface area contributed by atoms with Crippen molar-refractivity contribution < 1.29 is 23.9 Å². The molecule has 0 aromatic carbocycles. The topological polar surface area (TPSA) is 69.7 Å². The maximum Gasteiger partial charge on any atom is 0.302 e. The lowest BCUT2D eigenvalue weighted by atomic mass is 10.1. The number of esters is 2. The van der Waals surface area contributed by atoms with Gasteiger partial charge in [-0.3, -0.25) is 9.59 Å². The zero-order valence-electron chi connectivity index (χ0n) is 10.7. The Morgan fingerprint density at radius 1 is 1.00 bits per heavy atom. The maximum atomic E-state index is 10.8. The van der Waals surface area contributed by atoms with Crippen molar-refractivity contribution in [1.29, 1.82) is 0 Å². The van der Waals surface area contributed by atoms with Crippen LogP contribution in [0.3, 0.4) is 0 Å². The molecule has 5 nitrogen and oxygen atoms in total. The molecule has 0 saturated carbocycles. The first-order valence-electron chi connectivity index (χ1n) is 5.72. The molecular formula is C12H20O5. The van der Waals surface area contributed by atoms with Crippen molar-refractivity contribution in [3.05, 3.63) is 0 Å². The van der Waals surface area contributed by atoms with Crippen LogP contribution in [0, 0.1) is 0 Å². The first kappa shape index (κ1) is 15.6. The van der Waals surface area contributed by atoms with Crippen LogP contribution >= 0.6 is 0 Å². The number of rotatable bonds is 8. The largest absolute Gasteiger partial charge is 0.466 e. The van der Waals surface area contributed by atoms with Gasteiger partial charge in [0.2, 0.25) is 0 Å². The number of Topliss-reactive ketones (excluding diaryl/α,β-unsaturated/α-hetero) is 1. The van der Waals surface area contributed by atoms with Crippen LogP contribution < -0.4 is 0 Å². The lowest BCUT2D eigenvalue weighted by Gasteiger charge is -2.16. The van der Waals surface area contributed by atoms with E-state index in [-0.39, 0.29) is 23.8 Å². The number of hydrogen-bond acceptors (Lipinski definition) is 5. The van der Waals surface area contributed by atoms with Gasteiger partial charge < -0.3 is 14.3 Å². The Bertz CT molecular complexity index is 272. The second kappa shape index (κ2) is 8.73. The first-order chi connectivity index (χ1) is 7.91. The van der Waals surface area contributed by atoms with Crippen LogP contribution in [0.4, 0.5) is 0 Å². The van der Waals surface area contributed by atoms with Gasteiger partial charge in [-0.2, -0.15) is 0 Å². The molecule has 1 atom stereocenters. The summed E-state index contributed by atoms with van der Waals surface area (Å²) in [5.41, 5.74) is 0. The van der Waals surface area contributed by atoms with Gasteiger partial charge in [-0.15, -0.1) is 0 Å². The van der Waals surface area contributed by atoms with Crippen LogP contribution in [0.15, 0.2) is 0 Å². The molecule has 0 spiro atoms. The third-order valence-electron chi connectivity index (χ3n) is 2.13. The Morgan fingerprint density at radius 2 is 1.65 bits per heavy atom. The molecule has 0 aliphatic rings. The van der Waals surface area contributed by atoms with E-state index in [0.29, 0.717) is 32.3 Å². The fraction of sp³-hybridized carbons (Fsp3) is 0.750. The van der Waals surface area contributed by atoms with E-state index in [1.165, 1.54) is 20.8 Å². The van der Waals surface area contributed by atoms with Gasteiger partial charge >= 0.3 is 11.9 Å². The molecular weight excluding hydrogens is 224 g/mol. The van der Waals surface area contributed by atoms with Crippen LogP contribution in [0.25, 0.3) is 0 Å². The van der Waals surface area contributed by atoms with Crippen LogP contribution in [0.5, 0.6) is 0 Å². The van der Waals surface area contributed by atoms with Crippen molar-refractivity contribution in [2.24, 2.45) is 0 Å². The molecule has 0 amide bonds. The summed E-state index contributed by atoms with van der Waals surface area (Å²) >= 11 is 0. The molecule has 0 saturated heterocycles. The molecule has 0 unspecified atom stereocenters. The fourth-order valence-electron chi connectivity index (χ4n) is 1.39. The van der Waals surface area contributed by atoms with Gasteiger partial charge in [0.15, 0.2) is 0 Å². The van der Waals surface area contributed by atoms with E-state index in [9.17, 15) is 14.4 Å². The average Bonchev–Trinajstić information content (AvgIpc) is 2.19. The van der Waals surface area contributed by atoms with Crippen molar-refractivity contribution in [3.63, 3.8) is 0 Å². The number of carbonyl (C=O) groups excluding carboxylic acids is 3. The van der Waals surface area contributed by atoms with Crippen molar-refractivity contribution in [2.75, 3.05) is 6.61 Å². The summed E-state index contributed by atoms with van der Waals surface area (Å²) in [4.78, 5) is 32.2. The van der Waals surface area contributed by atoms with Gasteiger partial charge in [0, 0.05) is 20.3 Å². The molecule has 0 N–H and O–H groups in total. The minimum absolute atomic E-state index is 0.0714. The Kier molecular flexibility index (Phi) is 8.01. The van der Waals surface area contributed by atoms with E-state index in [1.54, 1.807) is 0 Å². The molecule has 0 aromatic rings. The van der Waals surface area contributed by atoms with E-state index in [1.807, 2.05) is 0 Å². The maximum absolute atomic E-state index is 10.8. The summed E-state index contributed by atoms with van der Waals surface area (Å²) in [6, 6.07) is 0. The molecule has 0 rings (SSSR count). The van der Waals surface area contributed by atoms with Crippen molar-refractivity contribution in [1.82, 2.24) is 0 Å². The summed E-state index contributed by atoms with van der Waals surface area (Å²) in [6.45, 7) is 4.50. The summed E-state index contributed by atoms with van der Waals surface area (Å²) in [5, 5.41) is 0. The molecule has 98 valence electrons. The third-order valence-corrected chi connectivity index (χ3v) is 2.13. The molecule has 0 aliphatic heterocycles. The lowest BCUT2D eigenvalue weighted by molar-refractivity contribution is -0.148. The van der Waals surface area contributed by atoms with Crippen molar-refractivity contribution in [2.45, 2.75) is 52.6 Å². The predicted octanol–water partition coefficient (Wildman–Crippen LogP) is 1.63.